The summed E-state index contributed by atoms with van der Waals surface area (Å²) in [4.78, 5) is 2.35. The van der Waals surface area contributed by atoms with E-state index in [1.165, 1.54) is 12.8 Å². The number of nitrogens with zero attached hydrogens (tertiary/aromatic N) is 5. The molecule has 0 N–H and O–H groups in total. The van der Waals surface area contributed by atoms with Crippen LogP contribution in [0, 0.1) is 5.92 Å². The van der Waals surface area contributed by atoms with Gasteiger partial charge in [0.05, 0.1) is 53.1 Å². The van der Waals surface area contributed by atoms with E-state index in [0.717, 1.165) is 40.4 Å². The van der Waals surface area contributed by atoms with Crippen molar-refractivity contribution in [2.45, 2.75) is 38.0 Å². The lowest BCUT2D eigenvalue weighted by Gasteiger charge is -2.52. The first-order valence-electron chi connectivity index (χ1n) is 9.29. The van der Waals surface area contributed by atoms with Gasteiger partial charge in [-0.2, -0.15) is 10.2 Å². The Hall–Kier alpha value is -2.05. The van der Waals surface area contributed by atoms with Crippen LogP contribution in [-0.4, -0.2) is 44.9 Å². The second-order valence-corrected chi connectivity index (χ2v) is 8.21. The number of hydrogen-bond acceptors (Lipinski definition) is 4. The Balaban J connectivity index is 1.40. The van der Waals surface area contributed by atoms with Gasteiger partial charge >= 0.3 is 0 Å². The minimum absolute atomic E-state index is 0.321. The highest BCUT2D eigenvalue weighted by atomic mass is 35.5. The summed E-state index contributed by atoms with van der Waals surface area (Å²) in [5, 5.41) is 10.9. The molecule has 0 radical (unpaired) electrons. The number of morpholine rings is 1. The molecule has 6 nitrogen and oxygen atoms in total. The molecular weight excluding hydrogens is 350 g/mol. The fourth-order valence-electron chi connectivity index (χ4n) is 4.21. The highest BCUT2D eigenvalue weighted by Gasteiger charge is 2.45. The molecule has 3 aromatic rings. The molecule has 2 aromatic heterocycles. The molecule has 1 aromatic carbocycles. The minimum atomic E-state index is 0.321. The molecule has 1 aliphatic carbocycles. The largest absolute Gasteiger partial charge is 0.371 e. The average molecular weight is 370 g/mol. The minimum Gasteiger partial charge on any atom is -0.371 e. The van der Waals surface area contributed by atoms with E-state index in [1.807, 2.05) is 23.1 Å². The van der Waals surface area contributed by atoms with E-state index < -0.39 is 0 Å². The van der Waals surface area contributed by atoms with E-state index in [2.05, 4.69) is 39.0 Å². The number of benzene rings is 1. The van der Waals surface area contributed by atoms with Gasteiger partial charge in [0.25, 0.3) is 0 Å². The van der Waals surface area contributed by atoms with Crippen molar-refractivity contribution in [3.63, 3.8) is 0 Å². The number of aromatic nitrogens is 4. The van der Waals surface area contributed by atoms with Crippen LogP contribution in [-0.2, 0) is 4.74 Å². The molecule has 0 amide bonds. The molecule has 134 valence electrons. The fourth-order valence-corrected chi connectivity index (χ4v) is 4.50. The normalized spacial score (nSPS) is 27.8. The van der Waals surface area contributed by atoms with E-state index in [4.69, 9.17) is 16.3 Å². The third-order valence-corrected chi connectivity index (χ3v) is 6.36. The molecule has 5 heterocycles. The van der Waals surface area contributed by atoms with Crippen LogP contribution in [0.3, 0.4) is 0 Å². The van der Waals surface area contributed by atoms with E-state index in [0.29, 0.717) is 24.2 Å². The SMILES string of the molecule is CC1C2CN(c3cc4c(cnn4-c4cnn(C5CC5)c4)cc3Cl)CC1O2. The highest BCUT2D eigenvalue weighted by Crippen LogP contribution is 2.40. The molecule has 2 atom stereocenters. The first-order chi connectivity index (χ1) is 12.7. The molecule has 4 fully saturated rings. The summed E-state index contributed by atoms with van der Waals surface area (Å²) >= 11 is 6.61. The lowest BCUT2D eigenvalue weighted by Crippen LogP contribution is -2.63. The Morgan fingerprint density at radius 2 is 1.92 bits per heavy atom. The van der Waals surface area contributed by atoms with Gasteiger partial charge in [0.2, 0.25) is 0 Å². The molecule has 26 heavy (non-hydrogen) atoms. The molecule has 7 heteroatoms. The van der Waals surface area contributed by atoms with E-state index >= 15 is 0 Å². The summed E-state index contributed by atoms with van der Waals surface area (Å²) in [6, 6.07) is 4.75. The summed E-state index contributed by atoms with van der Waals surface area (Å²) in [6.45, 7) is 4.07. The molecule has 2 bridgehead atoms. The Labute approximate surface area is 156 Å². The monoisotopic (exact) mass is 369 g/mol. The summed E-state index contributed by atoms with van der Waals surface area (Å²) in [6.07, 6.45) is 8.94. The molecule has 4 aliphatic rings. The van der Waals surface area contributed by atoms with Gasteiger partial charge in [-0.3, -0.25) is 4.68 Å². The number of piperidine rings is 1. The van der Waals surface area contributed by atoms with Gasteiger partial charge in [-0.1, -0.05) is 18.5 Å². The van der Waals surface area contributed by atoms with Crippen LogP contribution >= 0.6 is 11.6 Å². The first kappa shape index (κ1) is 15.1. The van der Waals surface area contributed by atoms with E-state index in [9.17, 15) is 0 Å². The predicted octanol–water partition coefficient (Wildman–Crippen LogP) is 3.43. The molecule has 0 spiro atoms. The third kappa shape index (κ3) is 2.15. The van der Waals surface area contributed by atoms with Crippen molar-refractivity contribution in [3.05, 3.63) is 35.7 Å². The van der Waals surface area contributed by atoms with Crippen molar-refractivity contribution in [1.29, 1.82) is 0 Å². The molecule has 3 aliphatic heterocycles. The van der Waals surface area contributed by atoms with Crippen molar-refractivity contribution in [3.8, 4) is 5.69 Å². The maximum absolute atomic E-state index is 6.61. The van der Waals surface area contributed by atoms with Crippen molar-refractivity contribution in [2.24, 2.45) is 5.92 Å². The van der Waals surface area contributed by atoms with Crippen LogP contribution < -0.4 is 4.90 Å². The lowest BCUT2D eigenvalue weighted by atomic mass is 9.86. The second-order valence-electron chi connectivity index (χ2n) is 7.81. The zero-order chi connectivity index (χ0) is 17.4. The van der Waals surface area contributed by atoms with Gasteiger partial charge in [0, 0.05) is 24.4 Å². The maximum atomic E-state index is 6.61. The first-order valence-corrected chi connectivity index (χ1v) is 9.67. The number of fused-ring (bicyclic) bond motifs is 3. The number of halogens is 1. The summed E-state index contributed by atoms with van der Waals surface area (Å²) < 4.78 is 9.88. The number of hydrogen-bond donors (Lipinski definition) is 0. The maximum Gasteiger partial charge on any atom is 0.103 e. The van der Waals surface area contributed by atoms with E-state index in [-0.39, 0.29) is 0 Å². The molecule has 7 rings (SSSR count). The van der Waals surface area contributed by atoms with Gasteiger partial charge < -0.3 is 9.64 Å². The van der Waals surface area contributed by atoms with E-state index in [1.54, 1.807) is 0 Å². The summed E-state index contributed by atoms with van der Waals surface area (Å²) in [5.74, 6) is 0.646. The second kappa shape index (κ2) is 5.24. The smallest absolute Gasteiger partial charge is 0.103 e. The van der Waals surface area contributed by atoms with Crippen LogP contribution in [0.15, 0.2) is 30.7 Å². The average Bonchev–Trinajstić information content (AvgIpc) is 3.25. The molecule has 2 unspecified atom stereocenters. The zero-order valence-corrected chi connectivity index (χ0v) is 15.3. The van der Waals surface area contributed by atoms with Crippen LogP contribution in [0.1, 0.15) is 25.8 Å². The Kier molecular flexibility index (Phi) is 3.03. The number of ether oxygens (including phenoxy) is 1. The summed E-state index contributed by atoms with van der Waals surface area (Å²) in [7, 11) is 0. The zero-order valence-electron chi connectivity index (χ0n) is 14.5. The van der Waals surface area contributed by atoms with Crippen LogP contribution in [0.2, 0.25) is 5.02 Å². The van der Waals surface area contributed by atoms with Gasteiger partial charge in [0.1, 0.15) is 5.69 Å². The Bertz CT molecular complexity index is 995. The molecule has 1 saturated carbocycles. The quantitative estimate of drug-likeness (QED) is 0.709. The predicted molar refractivity (Wildman–Crippen MR) is 100 cm³/mol. The van der Waals surface area contributed by atoms with Crippen LogP contribution in [0.5, 0.6) is 0 Å². The number of anilines is 1. The van der Waals surface area contributed by atoms with Crippen LogP contribution in [0.4, 0.5) is 5.69 Å². The van der Waals surface area contributed by atoms with Gasteiger partial charge in [-0.05, 0) is 25.0 Å². The highest BCUT2D eigenvalue weighted by molar-refractivity contribution is 6.34. The van der Waals surface area contributed by atoms with Gasteiger partial charge in [-0.25, -0.2) is 4.68 Å². The number of rotatable bonds is 3. The molecular formula is C19H20ClN5O. The van der Waals surface area contributed by atoms with Crippen LogP contribution in [0.25, 0.3) is 16.6 Å². The summed E-state index contributed by atoms with van der Waals surface area (Å²) in [5.41, 5.74) is 3.13. The van der Waals surface area contributed by atoms with Crippen molar-refractivity contribution in [2.75, 3.05) is 18.0 Å². The van der Waals surface area contributed by atoms with Gasteiger partial charge in [0.15, 0.2) is 0 Å². The standard InChI is InChI=1S/C19H20ClN5O/c1-11-18-9-23(10-19(11)26-18)17-5-16-12(4-15(17)20)6-22-25(16)14-7-21-24(8-14)13-2-3-13/h4-8,11,13,18-19H,2-3,9-10H2,1H3. The van der Waals surface area contributed by atoms with Crippen molar-refractivity contribution >= 4 is 28.2 Å². The third-order valence-electron chi connectivity index (χ3n) is 6.05. The Morgan fingerprint density at radius 3 is 2.65 bits per heavy atom. The topological polar surface area (TPSA) is 48.1 Å². The van der Waals surface area contributed by atoms with Crippen molar-refractivity contribution in [1.82, 2.24) is 19.6 Å². The fraction of sp³-hybridized carbons (Fsp3) is 0.474. The van der Waals surface area contributed by atoms with Gasteiger partial charge in [-0.15, -0.1) is 0 Å². The van der Waals surface area contributed by atoms with Crippen molar-refractivity contribution < 1.29 is 4.74 Å². The molecule has 3 saturated heterocycles. The Morgan fingerprint density at radius 1 is 1.12 bits per heavy atom. The lowest BCUT2D eigenvalue weighted by molar-refractivity contribution is -0.184.